The molecule has 0 saturated carbocycles. The predicted molar refractivity (Wildman–Crippen MR) is 57.0 cm³/mol. The highest BCUT2D eigenvalue weighted by atomic mass is 19.4. The van der Waals surface area contributed by atoms with Gasteiger partial charge in [0, 0.05) is 12.3 Å². The second-order valence-corrected chi connectivity index (χ2v) is 3.59. The highest BCUT2D eigenvalue weighted by Crippen LogP contribution is 2.31. The van der Waals surface area contributed by atoms with E-state index in [1.807, 2.05) is 5.32 Å². The van der Waals surface area contributed by atoms with Crippen LogP contribution in [-0.4, -0.2) is 22.2 Å². The zero-order chi connectivity index (χ0) is 13.9. The average molecular weight is 271 g/mol. The number of alkyl halides is 3. The molecule has 100 valence electrons. The van der Waals surface area contributed by atoms with Crippen molar-refractivity contribution < 1.29 is 22.5 Å². The molecule has 0 unspecified atom stereocenters. The van der Waals surface area contributed by atoms with Crippen molar-refractivity contribution in [3.63, 3.8) is 0 Å². The van der Waals surface area contributed by atoms with E-state index in [-0.39, 0.29) is 11.4 Å². The van der Waals surface area contributed by atoms with E-state index in [2.05, 4.69) is 14.7 Å². The van der Waals surface area contributed by atoms with Crippen LogP contribution in [0.1, 0.15) is 22.2 Å². The summed E-state index contributed by atoms with van der Waals surface area (Å²) in [6, 6.07) is 3.04. The summed E-state index contributed by atoms with van der Waals surface area (Å²) in [6.07, 6.45) is -2.34. The Morgan fingerprint density at radius 1 is 1.32 bits per heavy atom. The average Bonchev–Trinajstić information content (AvgIpc) is 2.89. The Bertz CT molecular complexity index is 540. The molecule has 0 bridgehead atoms. The van der Waals surface area contributed by atoms with Gasteiger partial charge in [-0.1, -0.05) is 11.2 Å². The number of hydrogen-bond acceptors (Lipinski definition) is 4. The maximum atomic E-state index is 12.9. The van der Waals surface area contributed by atoms with E-state index < -0.39 is 18.1 Å². The maximum Gasteiger partial charge on any atom is 0.414 e. The molecule has 0 aliphatic carbocycles. The van der Waals surface area contributed by atoms with E-state index in [0.29, 0.717) is 0 Å². The van der Waals surface area contributed by atoms with E-state index in [1.165, 1.54) is 30.5 Å². The van der Waals surface area contributed by atoms with Crippen LogP contribution >= 0.6 is 0 Å². The minimum atomic E-state index is -4.66. The molecule has 2 heterocycles. The lowest BCUT2D eigenvalue weighted by molar-refractivity contribution is -0.156. The van der Waals surface area contributed by atoms with Crippen molar-refractivity contribution in [3.8, 4) is 0 Å². The van der Waals surface area contributed by atoms with Crippen molar-refractivity contribution in [1.29, 1.82) is 0 Å². The van der Waals surface area contributed by atoms with Crippen molar-refractivity contribution in [2.45, 2.75) is 12.2 Å². The zero-order valence-corrected chi connectivity index (χ0v) is 9.39. The molecule has 1 amide bonds. The normalized spacial score (nSPS) is 13.0. The first-order chi connectivity index (χ1) is 8.98. The standard InChI is InChI=1S/C11H8F3N3O2/c12-11(13,14)9(7-3-1-2-5-15-7)16-10(18)8-4-6-19-17-8/h1-6,9H,(H,16,18)/t9-/m1/s1. The van der Waals surface area contributed by atoms with Gasteiger partial charge in [0.15, 0.2) is 11.7 Å². The van der Waals surface area contributed by atoms with Gasteiger partial charge in [-0.15, -0.1) is 0 Å². The van der Waals surface area contributed by atoms with Crippen LogP contribution in [0.25, 0.3) is 0 Å². The van der Waals surface area contributed by atoms with Crippen LogP contribution in [0.15, 0.2) is 41.2 Å². The molecule has 0 radical (unpaired) electrons. The van der Waals surface area contributed by atoms with E-state index in [1.54, 1.807) is 0 Å². The summed E-state index contributed by atoms with van der Waals surface area (Å²) in [7, 11) is 0. The van der Waals surface area contributed by atoms with E-state index >= 15 is 0 Å². The summed E-state index contributed by atoms with van der Waals surface area (Å²) in [5, 5.41) is 5.10. The molecule has 1 N–H and O–H groups in total. The van der Waals surface area contributed by atoms with Gasteiger partial charge in [0.2, 0.25) is 0 Å². The van der Waals surface area contributed by atoms with Crippen LogP contribution in [0.5, 0.6) is 0 Å². The van der Waals surface area contributed by atoms with Crippen LogP contribution in [0.3, 0.4) is 0 Å². The van der Waals surface area contributed by atoms with Gasteiger partial charge in [-0.25, -0.2) is 0 Å². The minimum Gasteiger partial charge on any atom is -0.364 e. The monoisotopic (exact) mass is 271 g/mol. The molecule has 8 heteroatoms. The van der Waals surface area contributed by atoms with E-state index in [0.717, 1.165) is 6.26 Å². The smallest absolute Gasteiger partial charge is 0.364 e. The summed E-state index contributed by atoms with van der Waals surface area (Å²) < 4.78 is 43.1. The first-order valence-electron chi connectivity index (χ1n) is 5.17. The van der Waals surface area contributed by atoms with Crippen molar-refractivity contribution >= 4 is 5.91 Å². The number of rotatable bonds is 3. The van der Waals surface area contributed by atoms with Gasteiger partial charge in [0.25, 0.3) is 5.91 Å². The number of aromatic nitrogens is 2. The Morgan fingerprint density at radius 2 is 2.11 bits per heavy atom. The third kappa shape index (κ3) is 3.09. The van der Waals surface area contributed by atoms with Gasteiger partial charge in [0.05, 0.1) is 5.69 Å². The van der Waals surface area contributed by atoms with E-state index in [9.17, 15) is 18.0 Å². The fraction of sp³-hybridized carbons (Fsp3) is 0.182. The molecule has 0 aliphatic rings. The Hall–Kier alpha value is -2.38. The molecule has 0 aromatic carbocycles. The Balaban J connectivity index is 2.23. The third-order valence-corrected chi connectivity index (χ3v) is 2.26. The zero-order valence-electron chi connectivity index (χ0n) is 9.39. The number of amides is 1. The summed E-state index contributed by atoms with van der Waals surface area (Å²) in [5.41, 5.74) is -0.531. The molecule has 0 spiro atoms. The molecule has 2 rings (SSSR count). The van der Waals surface area contributed by atoms with Crippen LogP contribution in [0.2, 0.25) is 0 Å². The van der Waals surface area contributed by atoms with Crippen molar-refractivity contribution in [2.75, 3.05) is 0 Å². The van der Waals surface area contributed by atoms with Gasteiger partial charge in [-0.05, 0) is 12.1 Å². The summed E-state index contributed by atoms with van der Waals surface area (Å²) in [5.74, 6) is -0.985. The molecule has 0 aliphatic heterocycles. The van der Waals surface area contributed by atoms with Gasteiger partial charge < -0.3 is 9.84 Å². The van der Waals surface area contributed by atoms with Gasteiger partial charge in [-0.2, -0.15) is 13.2 Å². The van der Waals surface area contributed by atoms with Gasteiger partial charge in [0.1, 0.15) is 6.26 Å². The molecule has 0 fully saturated rings. The summed E-state index contributed by atoms with van der Waals surface area (Å²) in [4.78, 5) is 15.2. The van der Waals surface area contributed by atoms with Gasteiger partial charge >= 0.3 is 6.18 Å². The Kier molecular flexibility index (Phi) is 3.50. The number of hydrogen-bond donors (Lipinski definition) is 1. The lowest BCUT2D eigenvalue weighted by Crippen LogP contribution is -2.38. The van der Waals surface area contributed by atoms with Crippen LogP contribution < -0.4 is 5.32 Å². The molecular weight excluding hydrogens is 263 g/mol. The number of nitrogens with one attached hydrogen (secondary N) is 1. The molecule has 5 nitrogen and oxygen atoms in total. The first kappa shape index (κ1) is 13.1. The molecular formula is C11H8F3N3O2. The third-order valence-electron chi connectivity index (χ3n) is 2.26. The fourth-order valence-corrected chi connectivity index (χ4v) is 1.40. The maximum absolute atomic E-state index is 12.9. The molecule has 1 atom stereocenters. The lowest BCUT2D eigenvalue weighted by atomic mass is 10.1. The topological polar surface area (TPSA) is 68.0 Å². The number of carbonyl (C=O) groups is 1. The first-order valence-corrected chi connectivity index (χ1v) is 5.17. The number of halogens is 3. The molecule has 2 aromatic rings. The highest BCUT2D eigenvalue weighted by molar-refractivity contribution is 5.92. The molecule has 0 saturated heterocycles. The Morgan fingerprint density at radius 3 is 2.63 bits per heavy atom. The molecule has 2 aromatic heterocycles. The minimum absolute atomic E-state index is 0.231. The second-order valence-electron chi connectivity index (χ2n) is 3.59. The summed E-state index contributed by atoms with van der Waals surface area (Å²) >= 11 is 0. The number of carbonyl (C=O) groups excluding carboxylic acids is 1. The predicted octanol–water partition coefficient (Wildman–Crippen LogP) is 2.10. The lowest BCUT2D eigenvalue weighted by Gasteiger charge is -2.20. The Labute approximate surface area is 105 Å². The number of nitrogens with zero attached hydrogens (tertiary/aromatic N) is 2. The fourth-order valence-electron chi connectivity index (χ4n) is 1.40. The summed E-state index contributed by atoms with van der Waals surface area (Å²) in [6.45, 7) is 0. The molecule has 19 heavy (non-hydrogen) atoms. The van der Waals surface area contributed by atoms with Crippen LogP contribution in [0.4, 0.5) is 13.2 Å². The van der Waals surface area contributed by atoms with E-state index in [4.69, 9.17) is 0 Å². The van der Waals surface area contributed by atoms with Gasteiger partial charge in [-0.3, -0.25) is 9.78 Å². The van der Waals surface area contributed by atoms with Crippen LogP contribution in [-0.2, 0) is 0 Å². The highest BCUT2D eigenvalue weighted by Gasteiger charge is 2.43. The quantitative estimate of drug-likeness (QED) is 0.928. The van der Waals surface area contributed by atoms with Crippen molar-refractivity contribution in [1.82, 2.24) is 15.5 Å². The SMILES string of the molecule is O=C(N[C@H](c1ccccn1)C(F)(F)F)c1ccon1. The largest absolute Gasteiger partial charge is 0.414 e. The number of pyridine rings is 1. The van der Waals surface area contributed by atoms with Crippen molar-refractivity contribution in [3.05, 3.63) is 48.1 Å². The second kappa shape index (κ2) is 5.09. The van der Waals surface area contributed by atoms with Crippen LogP contribution in [0, 0.1) is 0 Å². The van der Waals surface area contributed by atoms with Crippen molar-refractivity contribution in [2.24, 2.45) is 0 Å².